The summed E-state index contributed by atoms with van der Waals surface area (Å²) in [7, 11) is 0. The molecule has 296 valence electrons. The normalized spacial score (nSPS) is 39.9. The molecule has 0 radical (unpaired) electrons. The number of hydrogen-bond donors (Lipinski definition) is 11. The first-order valence-corrected chi connectivity index (χ1v) is 16.5. The van der Waals surface area contributed by atoms with Gasteiger partial charge in [-0.05, 0) is 19.8 Å². The van der Waals surface area contributed by atoms with Crippen LogP contribution in [0, 0.1) is 5.92 Å². The summed E-state index contributed by atoms with van der Waals surface area (Å²) in [5.41, 5.74) is 0. The third-order valence-corrected chi connectivity index (χ3v) is 8.92. The number of carbonyl (C=O) groups excluding carboxylic acids is 2. The van der Waals surface area contributed by atoms with Gasteiger partial charge in [-0.3, -0.25) is 9.59 Å². The van der Waals surface area contributed by atoms with Crippen LogP contribution >= 0.6 is 0 Å². The van der Waals surface area contributed by atoms with Gasteiger partial charge in [0.25, 0.3) is 6.47 Å². The summed E-state index contributed by atoms with van der Waals surface area (Å²) in [6.07, 6.45) is -24.1. The summed E-state index contributed by atoms with van der Waals surface area (Å²) in [6, 6.07) is 0. The van der Waals surface area contributed by atoms with E-state index in [1.54, 1.807) is 0 Å². The van der Waals surface area contributed by atoms with E-state index >= 15 is 0 Å². The molecular formula is C30H50O21. The van der Waals surface area contributed by atoms with Gasteiger partial charge in [-0.25, -0.2) is 0 Å². The van der Waals surface area contributed by atoms with Gasteiger partial charge in [0.05, 0.1) is 38.4 Å². The van der Waals surface area contributed by atoms with Crippen molar-refractivity contribution in [1.82, 2.24) is 0 Å². The molecule has 0 aliphatic carbocycles. The topological polar surface area (TPSA) is 338 Å². The average Bonchev–Trinajstić information content (AvgIpc) is 3.08. The van der Waals surface area contributed by atoms with Crippen molar-refractivity contribution in [1.29, 1.82) is 0 Å². The van der Waals surface area contributed by atoms with E-state index in [1.165, 1.54) is 6.92 Å². The van der Waals surface area contributed by atoms with Crippen molar-refractivity contribution in [2.75, 3.05) is 26.4 Å². The summed E-state index contributed by atoms with van der Waals surface area (Å²) in [5.74, 6) is -5.09. The van der Waals surface area contributed by atoms with Gasteiger partial charge in [0.1, 0.15) is 66.8 Å². The van der Waals surface area contributed by atoms with E-state index in [0.29, 0.717) is 19.3 Å². The van der Waals surface area contributed by atoms with Gasteiger partial charge < -0.3 is 94.1 Å². The highest BCUT2D eigenvalue weighted by Gasteiger charge is 2.55. The van der Waals surface area contributed by atoms with Crippen LogP contribution in [0.5, 0.6) is 0 Å². The first kappa shape index (κ1) is 43.4. The number of ether oxygens (including phenoxy) is 7. The van der Waals surface area contributed by atoms with E-state index in [-0.39, 0.29) is 25.9 Å². The highest BCUT2D eigenvalue weighted by atomic mass is 16.9. The average molecular weight is 747 g/mol. The molecule has 16 atom stereocenters. The molecule has 0 bridgehead atoms. The standard InChI is InChI=1S/C30H50O21/c1-13(34)7-14-15(35)8-30(47-12-33,51-26(14)20(39)16(36)9-31)46-11-18-21(40)22(41)24(43)29(49-18)50-27-17(10-32)48-28(25(44)23(27)42)45-6-4-2-3-5-19(37)38/h12,14-18,20-29,31-32,35-36,39-44H,2-11H2,1H3,(H,37,38)/t14?,15?,16-,17?,18?,20-,21?,22?,23?,24?,25?,26?,27?,28?,29?,30?/m1/s1. The number of carbonyl (C=O) groups is 3. The molecule has 11 N–H and O–H groups in total. The van der Waals surface area contributed by atoms with Crippen molar-refractivity contribution in [2.24, 2.45) is 5.92 Å². The summed E-state index contributed by atoms with van der Waals surface area (Å²) >= 11 is 0. The molecule has 3 aliphatic rings. The third kappa shape index (κ3) is 11.2. The van der Waals surface area contributed by atoms with E-state index < -0.39 is 136 Å². The molecule has 3 saturated heterocycles. The Morgan fingerprint density at radius 2 is 1.57 bits per heavy atom. The minimum absolute atomic E-state index is 0.0170. The maximum absolute atomic E-state index is 11.9. The smallest absolute Gasteiger partial charge is 0.332 e. The Balaban J connectivity index is 1.71. The number of aliphatic hydroxyl groups is 10. The lowest BCUT2D eigenvalue weighted by molar-refractivity contribution is -0.424. The summed E-state index contributed by atoms with van der Waals surface area (Å²) in [5, 5.41) is 113. The third-order valence-electron chi connectivity index (χ3n) is 8.92. The van der Waals surface area contributed by atoms with Gasteiger partial charge in [0, 0.05) is 25.4 Å². The predicted octanol–water partition coefficient (Wildman–Crippen LogP) is -5.42. The summed E-state index contributed by atoms with van der Waals surface area (Å²) in [6.45, 7) is -1.50. The lowest BCUT2D eigenvalue weighted by Crippen LogP contribution is -2.65. The Bertz CT molecular complexity index is 1100. The number of carboxylic acids is 1. The molecule has 21 nitrogen and oxygen atoms in total. The van der Waals surface area contributed by atoms with Crippen LogP contribution < -0.4 is 0 Å². The number of Topliss-reactive ketones (excluding diaryl/α,β-unsaturated/α-hetero) is 1. The highest BCUT2D eigenvalue weighted by Crippen LogP contribution is 2.39. The Labute approximate surface area is 291 Å². The number of ketones is 1. The Morgan fingerprint density at radius 3 is 2.18 bits per heavy atom. The van der Waals surface area contributed by atoms with E-state index in [9.17, 15) is 65.4 Å². The van der Waals surface area contributed by atoms with E-state index in [1.807, 2.05) is 0 Å². The lowest BCUT2D eigenvalue weighted by Gasteiger charge is -2.48. The largest absolute Gasteiger partial charge is 0.481 e. The van der Waals surface area contributed by atoms with Crippen LogP contribution in [0.15, 0.2) is 0 Å². The molecule has 3 rings (SSSR count). The SMILES string of the molecule is CC(=O)CC1C(O)CC(OC=O)(OCC2OC(OC3C(CO)OC(OCCCCCC(=O)O)C(O)C3O)C(O)C(O)C2O)OC1[C@H](O)[C@H](O)CO. The molecule has 0 aromatic carbocycles. The van der Waals surface area contributed by atoms with Gasteiger partial charge in [-0.2, -0.15) is 0 Å². The zero-order valence-corrected chi connectivity index (χ0v) is 27.8. The second-order valence-electron chi connectivity index (χ2n) is 12.8. The molecule has 3 heterocycles. The molecule has 0 amide bonds. The van der Waals surface area contributed by atoms with E-state index in [4.69, 9.17) is 38.3 Å². The Kier molecular flexibility index (Phi) is 16.9. The molecule has 3 aliphatic heterocycles. The van der Waals surface area contributed by atoms with Crippen molar-refractivity contribution in [2.45, 2.75) is 137 Å². The maximum atomic E-state index is 11.9. The predicted molar refractivity (Wildman–Crippen MR) is 161 cm³/mol. The van der Waals surface area contributed by atoms with Crippen molar-refractivity contribution >= 4 is 18.2 Å². The van der Waals surface area contributed by atoms with Gasteiger partial charge in [0.15, 0.2) is 12.6 Å². The Hall–Kier alpha value is -2.03. The van der Waals surface area contributed by atoms with Crippen LogP contribution in [0.4, 0.5) is 0 Å². The number of unbranched alkanes of at least 4 members (excludes halogenated alkanes) is 2. The molecule has 21 heteroatoms. The number of hydrogen-bond acceptors (Lipinski definition) is 20. The van der Waals surface area contributed by atoms with Crippen LogP contribution in [0.3, 0.4) is 0 Å². The molecule has 51 heavy (non-hydrogen) atoms. The van der Waals surface area contributed by atoms with Crippen molar-refractivity contribution in [3.8, 4) is 0 Å². The van der Waals surface area contributed by atoms with Gasteiger partial charge in [-0.1, -0.05) is 6.42 Å². The zero-order valence-electron chi connectivity index (χ0n) is 27.8. The van der Waals surface area contributed by atoms with Crippen molar-refractivity contribution < 1.29 is 104 Å². The van der Waals surface area contributed by atoms with E-state index in [0.717, 1.165) is 0 Å². The monoisotopic (exact) mass is 746 g/mol. The van der Waals surface area contributed by atoms with Crippen LogP contribution in [0.2, 0.25) is 0 Å². The van der Waals surface area contributed by atoms with Gasteiger partial charge in [0.2, 0.25) is 0 Å². The van der Waals surface area contributed by atoms with Gasteiger partial charge in [-0.15, -0.1) is 0 Å². The fourth-order valence-corrected chi connectivity index (χ4v) is 6.12. The Morgan fingerprint density at radius 1 is 0.902 bits per heavy atom. The minimum Gasteiger partial charge on any atom is -0.481 e. The zero-order chi connectivity index (χ0) is 38.0. The number of aliphatic carboxylic acids is 1. The molecular weight excluding hydrogens is 696 g/mol. The number of carboxylic acid groups (broad SMARTS) is 1. The summed E-state index contributed by atoms with van der Waals surface area (Å²) < 4.78 is 38.6. The molecule has 14 unspecified atom stereocenters. The number of aliphatic hydroxyl groups excluding tert-OH is 10. The van der Waals surface area contributed by atoms with Crippen molar-refractivity contribution in [3.05, 3.63) is 0 Å². The fourth-order valence-electron chi connectivity index (χ4n) is 6.12. The van der Waals surface area contributed by atoms with Crippen LogP contribution in [-0.2, 0) is 47.5 Å². The highest BCUT2D eigenvalue weighted by molar-refractivity contribution is 5.75. The molecule has 3 fully saturated rings. The van der Waals surface area contributed by atoms with Crippen molar-refractivity contribution in [3.63, 3.8) is 0 Å². The summed E-state index contributed by atoms with van der Waals surface area (Å²) in [4.78, 5) is 34.0. The van der Waals surface area contributed by atoms with Gasteiger partial charge >= 0.3 is 11.9 Å². The molecule has 0 aromatic heterocycles. The molecule has 0 spiro atoms. The second kappa shape index (κ2) is 19.9. The van der Waals surface area contributed by atoms with Crippen LogP contribution in [-0.4, -0.2) is 193 Å². The second-order valence-corrected chi connectivity index (χ2v) is 12.8. The molecule has 0 saturated carbocycles. The molecule has 0 aromatic rings. The van der Waals surface area contributed by atoms with E-state index in [2.05, 4.69) is 0 Å². The van der Waals surface area contributed by atoms with Crippen LogP contribution in [0.1, 0.15) is 45.4 Å². The minimum atomic E-state index is -2.54. The lowest BCUT2D eigenvalue weighted by atomic mass is 9.82. The van der Waals surface area contributed by atoms with Crippen LogP contribution in [0.25, 0.3) is 0 Å². The first-order valence-electron chi connectivity index (χ1n) is 16.5. The maximum Gasteiger partial charge on any atom is 0.332 e. The quantitative estimate of drug-likeness (QED) is 0.0314. The number of rotatable bonds is 20. The fraction of sp³-hybridized carbons (Fsp3) is 0.900. The first-order chi connectivity index (χ1) is 24.1.